The lowest BCUT2D eigenvalue weighted by Crippen LogP contribution is -2.33. The van der Waals surface area contributed by atoms with E-state index in [2.05, 4.69) is 5.32 Å². The molecule has 0 aliphatic carbocycles. The van der Waals surface area contributed by atoms with Crippen molar-refractivity contribution in [2.24, 2.45) is 0 Å². The highest BCUT2D eigenvalue weighted by Crippen LogP contribution is 2.25. The molecule has 1 aromatic carbocycles. The third kappa shape index (κ3) is 6.09. The van der Waals surface area contributed by atoms with Gasteiger partial charge in [-0.15, -0.1) is 0 Å². The van der Waals surface area contributed by atoms with Crippen LogP contribution in [0.4, 0.5) is 17.6 Å². The van der Waals surface area contributed by atoms with Gasteiger partial charge in [0.15, 0.2) is 0 Å². The maximum Gasteiger partial charge on any atom is 0.389 e. The Bertz CT molecular complexity index is 420. The highest BCUT2D eigenvalue weighted by atomic mass is 35.5. The summed E-state index contributed by atoms with van der Waals surface area (Å²) in [4.78, 5) is 0. The molecule has 0 aliphatic heterocycles. The van der Waals surface area contributed by atoms with E-state index in [1.807, 2.05) is 6.92 Å². The topological polar surface area (TPSA) is 12.0 Å². The van der Waals surface area contributed by atoms with E-state index >= 15 is 0 Å². The molecule has 1 aromatic rings. The molecule has 114 valence electrons. The van der Waals surface area contributed by atoms with Crippen LogP contribution in [0, 0.1) is 5.82 Å². The third-order valence-electron chi connectivity index (χ3n) is 2.96. The Morgan fingerprint density at radius 1 is 1.30 bits per heavy atom. The minimum absolute atomic E-state index is 0.0113. The van der Waals surface area contributed by atoms with Gasteiger partial charge >= 0.3 is 6.18 Å². The predicted octanol–water partition coefficient (Wildman–Crippen LogP) is 4.73. The summed E-state index contributed by atoms with van der Waals surface area (Å²) in [6.07, 6.45) is -3.98. The van der Waals surface area contributed by atoms with Crippen molar-refractivity contribution in [2.45, 2.75) is 44.8 Å². The van der Waals surface area contributed by atoms with Crippen molar-refractivity contribution in [1.29, 1.82) is 0 Å². The zero-order valence-electron chi connectivity index (χ0n) is 11.2. The molecule has 0 amide bonds. The van der Waals surface area contributed by atoms with Crippen LogP contribution in [0.3, 0.4) is 0 Å². The fourth-order valence-electron chi connectivity index (χ4n) is 1.93. The first-order chi connectivity index (χ1) is 9.33. The largest absolute Gasteiger partial charge is 0.389 e. The molecule has 1 rings (SSSR count). The van der Waals surface area contributed by atoms with Crippen molar-refractivity contribution in [3.63, 3.8) is 0 Å². The first kappa shape index (κ1) is 17.2. The Morgan fingerprint density at radius 2 is 2.00 bits per heavy atom. The molecule has 0 aliphatic rings. The first-order valence-electron chi connectivity index (χ1n) is 6.56. The summed E-state index contributed by atoms with van der Waals surface area (Å²) in [5, 5.41) is 3.04. The van der Waals surface area contributed by atoms with Crippen LogP contribution in [-0.4, -0.2) is 18.8 Å². The minimum atomic E-state index is -4.18. The van der Waals surface area contributed by atoms with E-state index in [4.69, 9.17) is 11.6 Å². The lowest BCUT2D eigenvalue weighted by Gasteiger charge is -2.20. The summed E-state index contributed by atoms with van der Waals surface area (Å²) in [5.41, 5.74) is 0.530. The maximum atomic E-state index is 13.3. The molecule has 0 heterocycles. The molecule has 1 atom stereocenters. The van der Waals surface area contributed by atoms with Crippen molar-refractivity contribution < 1.29 is 17.6 Å². The van der Waals surface area contributed by atoms with E-state index in [1.165, 1.54) is 12.1 Å². The number of halogens is 5. The number of hydrogen-bond acceptors (Lipinski definition) is 1. The van der Waals surface area contributed by atoms with Crippen LogP contribution in [0.2, 0.25) is 5.02 Å². The van der Waals surface area contributed by atoms with E-state index in [9.17, 15) is 17.6 Å². The van der Waals surface area contributed by atoms with Gasteiger partial charge in [0.05, 0.1) is 5.02 Å². The van der Waals surface area contributed by atoms with E-state index in [0.29, 0.717) is 12.1 Å². The van der Waals surface area contributed by atoms with Crippen LogP contribution >= 0.6 is 11.6 Å². The fourth-order valence-corrected chi connectivity index (χ4v) is 2.14. The molecule has 0 aromatic heterocycles. The molecular weight excluding hydrogens is 294 g/mol. The summed E-state index contributed by atoms with van der Waals surface area (Å²) >= 11 is 5.84. The second-order valence-corrected chi connectivity index (χ2v) is 5.10. The standard InChI is InChI=1S/C14H18ClF4N/c1-2-8-20-11(6-7-14(17,18)19)9-10-4-3-5-12(16)13(10)15/h3-5,11,20H,2,6-9H2,1H3. The molecule has 0 radical (unpaired) electrons. The zero-order chi connectivity index (χ0) is 15.2. The van der Waals surface area contributed by atoms with Gasteiger partial charge in [-0.3, -0.25) is 0 Å². The molecule has 20 heavy (non-hydrogen) atoms. The zero-order valence-corrected chi connectivity index (χ0v) is 12.0. The molecule has 0 saturated heterocycles. The van der Waals surface area contributed by atoms with Crippen LogP contribution in [-0.2, 0) is 6.42 Å². The van der Waals surface area contributed by atoms with Crippen molar-refractivity contribution in [3.8, 4) is 0 Å². The summed E-state index contributed by atoms with van der Waals surface area (Å²) in [7, 11) is 0. The van der Waals surface area contributed by atoms with Crippen molar-refractivity contribution in [3.05, 3.63) is 34.6 Å². The second-order valence-electron chi connectivity index (χ2n) is 4.72. The van der Waals surface area contributed by atoms with E-state index in [1.54, 1.807) is 6.07 Å². The van der Waals surface area contributed by atoms with Crippen molar-refractivity contribution >= 4 is 11.6 Å². The van der Waals surface area contributed by atoms with Crippen LogP contribution in [0.1, 0.15) is 31.7 Å². The molecule has 0 bridgehead atoms. The minimum Gasteiger partial charge on any atom is -0.314 e. The van der Waals surface area contributed by atoms with Crippen LogP contribution in [0.15, 0.2) is 18.2 Å². The Labute approximate surface area is 121 Å². The number of alkyl halides is 3. The van der Waals surface area contributed by atoms with Gasteiger partial charge in [-0.2, -0.15) is 13.2 Å². The van der Waals surface area contributed by atoms with Gasteiger partial charge in [0.2, 0.25) is 0 Å². The van der Waals surface area contributed by atoms with Gasteiger partial charge < -0.3 is 5.32 Å². The average molecular weight is 312 g/mol. The van der Waals surface area contributed by atoms with Gasteiger partial charge in [-0.25, -0.2) is 4.39 Å². The van der Waals surface area contributed by atoms with Crippen molar-refractivity contribution in [1.82, 2.24) is 5.32 Å². The van der Waals surface area contributed by atoms with Gasteiger partial charge in [-0.05, 0) is 37.4 Å². The highest BCUT2D eigenvalue weighted by molar-refractivity contribution is 6.31. The average Bonchev–Trinajstić information content (AvgIpc) is 2.37. The van der Waals surface area contributed by atoms with Gasteiger partial charge in [-0.1, -0.05) is 30.7 Å². The first-order valence-corrected chi connectivity index (χ1v) is 6.94. The summed E-state index contributed by atoms with van der Waals surface area (Å²) in [6, 6.07) is 4.02. The summed E-state index contributed by atoms with van der Waals surface area (Å²) in [6.45, 7) is 2.55. The molecule has 0 spiro atoms. The molecule has 1 nitrogen and oxygen atoms in total. The quantitative estimate of drug-likeness (QED) is 0.718. The highest BCUT2D eigenvalue weighted by Gasteiger charge is 2.28. The lowest BCUT2D eigenvalue weighted by atomic mass is 10.0. The van der Waals surface area contributed by atoms with Gasteiger partial charge in [0.1, 0.15) is 5.82 Å². The fraction of sp³-hybridized carbons (Fsp3) is 0.571. The smallest absolute Gasteiger partial charge is 0.314 e. The molecular formula is C14H18ClF4N. The molecule has 0 fully saturated rings. The van der Waals surface area contributed by atoms with Crippen LogP contribution in [0.25, 0.3) is 0 Å². The Morgan fingerprint density at radius 3 is 2.60 bits per heavy atom. The van der Waals surface area contributed by atoms with Crippen LogP contribution < -0.4 is 5.32 Å². The number of rotatable bonds is 7. The second kappa shape index (κ2) is 7.84. The normalized spacial score (nSPS) is 13.5. The summed E-state index contributed by atoms with van der Waals surface area (Å²) in [5.74, 6) is -0.547. The SMILES string of the molecule is CCCNC(CCC(F)(F)F)Cc1cccc(F)c1Cl. The predicted molar refractivity (Wildman–Crippen MR) is 72.5 cm³/mol. The van der Waals surface area contributed by atoms with E-state index < -0.39 is 18.4 Å². The lowest BCUT2D eigenvalue weighted by molar-refractivity contribution is -0.136. The van der Waals surface area contributed by atoms with E-state index in [0.717, 1.165) is 6.42 Å². The molecule has 6 heteroatoms. The number of hydrogen-bond donors (Lipinski definition) is 1. The Balaban J connectivity index is 2.70. The third-order valence-corrected chi connectivity index (χ3v) is 3.38. The van der Waals surface area contributed by atoms with Crippen LogP contribution in [0.5, 0.6) is 0 Å². The maximum absolute atomic E-state index is 13.3. The van der Waals surface area contributed by atoms with Gasteiger partial charge in [0, 0.05) is 12.5 Å². The molecule has 1 unspecified atom stereocenters. The van der Waals surface area contributed by atoms with Gasteiger partial charge in [0.25, 0.3) is 0 Å². The number of nitrogens with one attached hydrogen (secondary N) is 1. The monoisotopic (exact) mass is 311 g/mol. The van der Waals surface area contributed by atoms with Crippen molar-refractivity contribution in [2.75, 3.05) is 6.54 Å². The number of benzene rings is 1. The summed E-state index contributed by atoms with van der Waals surface area (Å²) < 4.78 is 50.2. The van der Waals surface area contributed by atoms with E-state index in [-0.39, 0.29) is 23.9 Å². The molecule has 1 N–H and O–H groups in total. The molecule has 0 saturated carbocycles. The Kier molecular flexibility index (Phi) is 6.76. The Hall–Kier alpha value is -0.810.